The Morgan fingerprint density at radius 3 is 2.85 bits per heavy atom. The summed E-state index contributed by atoms with van der Waals surface area (Å²) in [6.45, 7) is 2.19. The van der Waals surface area contributed by atoms with Gasteiger partial charge in [-0.1, -0.05) is 0 Å². The lowest BCUT2D eigenvalue weighted by molar-refractivity contribution is 0.0524. The molecule has 0 radical (unpaired) electrons. The third-order valence-corrected chi connectivity index (χ3v) is 3.38. The molecule has 0 amide bonds. The Bertz CT molecular complexity index is 644. The third kappa shape index (κ3) is 2.43. The summed E-state index contributed by atoms with van der Waals surface area (Å²) >= 11 is 0. The van der Waals surface area contributed by atoms with Crippen molar-refractivity contribution in [2.75, 3.05) is 6.61 Å². The number of aryl methyl sites for hydroxylation is 1. The van der Waals surface area contributed by atoms with Gasteiger partial charge in [0.1, 0.15) is 0 Å². The first-order valence-corrected chi connectivity index (χ1v) is 6.86. The summed E-state index contributed by atoms with van der Waals surface area (Å²) in [6, 6.07) is 3.68. The number of hydrogen-bond acceptors (Lipinski definition) is 4. The molecule has 2 heterocycles. The van der Waals surface area contributed by atoms with Gasteiger partial charge in [-0.25, -0.2) is 4.79 Å². The zero-order valence-electron chi connectivity index (χ0n) is 11.7. The van der Waals surface area contributed by atoms with E-state index in [1.54, 1.807) is 10.9 Å². The van der Waals surface area contributed by atoms with Gasteiger partial charge in [0.05, 0.1) is 29.8 Å². The molecule has 0 spiro atoms. The lowest BCUT2D eigenvalue weighted by Crippen LogP contribution is -2.09. The number of carbonyl (C=O) groups excluding carboxylic acids is 1. The van der Waals surface area contributed by atoms with Crippen LogP contribution < -0.4 is 0 Å². The highest BCUT2D eigenvalue weighted by molar-refractivity contribution is 5.91. The number of hydrogen-bond donors (Lipinski definition) is 0. The van der Waals surface area contributed by atoms with Crippen LogP contribution in [0, 0.1) is 0 Å². The van der Waals surface area contributed by atoms with Crippen LogP contribution in [0.15, 0.2) is 24.5 Å². The monoisotopic (exact) mass is 271 g/mol. The summed E-state index contributed by atoms with van der Waals surface area (Å²) in [5, 5.41) is 4.16. The first kappa shape index (κ1) is 12.8. The molecular formula is C15H17N3O2. The standard InChI is InChI=1S/C15H17N3O2/c1-3-20-15(19)12-6-7-13(11-8-16-18(2)9-11)17-14(12)10-4-5-10/h6-10H,3-5H2,1-2H3. The number of pyridine rings is 1. The van der Waals surface area contributed by atoms with E-state index in [0.29, 0.717) is 18.1 Å². The van der Waals surface area contributed by atoms with E-state index in [1.165, 1.54) is 0 Å². The van der Waals surface area contributed by atoms with Crippen LogP contribution >= 0.6 is 0 Å². The van der Waals surface area contributed by atoms with Gasteiger partial charge in [-0.3, -0.25) is 9.67 Å². The summed E-state index contributed by atoms with van der Waals surface area (Å²) in [7, 11) is 1.87. The maximum Gasteiger partial charge on any atom is 0.339 e. The summed E-state index contributed by atoms with van der Waals surface area (Å²) in [5.74, 6) is 0.116. The highest BCUT2D eigenvalue weighted by Gasteiger charge is 2.30. The van der Waals surface area contributed by atoms with Gasteiger partial charge in [0.25, 0.3) is 0 Å². The molecule has 1 saturated carbocycles. The lowest BCUT2D eigenvalue weighted by atomic mass is 10.1. The zero-order valence-corrected chi connectivity index (χ0v) is 11.7. The Labute approximate surface area is 117 Å². The molecule has 2 aromatic heterocycles. The SMILES string of the molecule is CCOC(=O)c1ccc(-c2cnn(C)c2)nc1C1CC1. The molecular weight excluding hydrogens is 254 g/mol. The van der Waals surface area contributed by atoms with Gasteiger partial charge in [-0.05, 0) is 31.9 Å². The molecule has 2 aromatic rings. The van der Waals surface area contributed by atoms with Crippen LogP contribution in [0.2, 0.25) is 0 Å². The first-order valence-electron chi connectivity index (χ1n) is 6.86. The van der Waals surface area contributed by atoms with Crippen LogP contribution in [0.1, 0.15) is 41.7 Å². The second kappa shape index (κ2) is 5.07. The van der Waals surface area contributed by atoms with E-state index in [-0.39, 0.29) is 5.97 Å². The molecule has 1 aliphatic rings. The van der Waals surface area contributed by atoms with Crippen molar-refractivity contribution in [3.63, 3.8) is 0 Å². The third-order valence-electron chi connectivity index (χ3n) is 3.38. The van der Waals surface area contributed by atoms with E-state index >= 15 is 0 Å². The number of aromatic nitrogens is 3. The molecule has 0 saturated heterocycles. The molecule has 0 aliphatic heterocycles. The molecule has 0 aromatic carbocycles. The molecule has 0 N–H and O–H groups in total. The Hall–Kier alpha value is -2.17. The van der Waals surface area contributed by atoms with E-state index in [1.807, 2.05) is 32.3 Å². The number of nitrogens with zero attached hydrogens (tertiary/aromatic N) is 3. The van der Waals surface area contributed by atoms with Gasteiger partial charge >= 0.3 is 5.97 Å². The van der Waals surface area contributed by atoms with Crippen LogP contribution in [0.3, 0.4) is 0 Å². The van der Waals surface area contributed by atoms with Crippen LogP contribution in [-0.4, -0.2) is 27.3 Å². The smallest absolute Gasteiger partial charge is 0.339 e. The molecule has 20 heavy (non-hydrogen) atoms. The van der Waals surface area contributed by atoms with Gasteiger partial charge < -0.3 is 4.74 Å². The summed E-state index contributed by atoms with van der Waals surface area (Å²) in [4.78, 5) is 16.6. The number of ether oxygens (including phenoxy) is 1. The van der Waals surface area contributed by atoms with Crippen molar-refractivity contribution in [3.8, 4) is 11.3 Å². The fraction of sp³-hybridized carbons (Fsp3) is 0.400. The maximum atomic E-state index is 12.0. The molecule has 1 aliphatic carbocycles. The predicted molar refractivity (Wildman–Crippen MR) is 74.4 cm³/mol. The minimum atomic E-state index is -0.278. The van der Waals surface area contributed by atoms with Crippen LogP contribution in [0.5, 0.6) is 0 Å². The fourth-order valence-electron chi connectivity index (χ4n) is 2.24. The summed E-state index contributed by atoms with van der Waals surface area (Å²) in [6.07, 6.45) is 5.89. The number of rotatable bonds is 4. The van der Waals surface area contributed by atoms with Gasteiger partial charge in [0.15, 0.2) is 0 Å². The molecule has 0 bridgehead atoms. The zero-order chi connectivity index (χ0) is 14.1. The quantitative estimate of drug-likeness (QED) is 0.802. The van der Waals surface area contributed by atoms with E-state index in [2.05, 4.69) is 10.1 Å². The summed E-state index contributed by atoms with van der Waals surface area (Å²) < 4.78 is 6.84. The van der Waals surface area contributed by atoms with Crippen molar-refractivity contribution in [1.82, 2.24) is 14.8 Å². The van der Waals surface area contributed by atoms with Crippen molar-refractivity contribution in [3.05, 3.63) is 35.8 Å². The summed E-state index contributed by atoms with van der Waals surface area (Å²) in [5.41, 5.74) is 3.28. The average Bonchev–Trinajstić information content (AvgIpc) is 3.20. The van der Waals surface area contributed by atoms with Crippen molar-refractivity contribution in [2.24, 2.45) is 7.05 Å². The van der Waals surface area contributed by atoms with Crippen LogP contribution in [0.25, 0.3) is 11.3 Å². The molecule has 5 nitrogen and oxygen atoms in total. The number of esters is 1. The lowest BCUT2D eigenvalue weighted by Gasteiger charge is -2.08. The second-order valence-corrected chi connectivity index (χ2v) is 5.03. The minimum absolute atomic E-state index is 0.278. The minimum Gasteiger partial charge on any atom is -0.462 e. The van der Waals surface area contributed by atoms with E-state index < -0.39 is 0 Å². The molecule has 0 unspecified atom stereocenters. The van der Waals surface area contributed by atoms with Crippen LogP contribution in [0.4, 0.5) is 0 Å². The Morgan fingerprint density at radius 1 is 1.45 bits per heavy atom. The van der Waals surface area contributed by atoms with Gasteiger partial charge in [-0.15, -0.1) is 0 Å². The Morgan fingerprint density at radius 2 is 2.25 bits per heavy atom. The van der Waals surface area contributed by atoms with Crippen molar-refractivity contribution >= 4 is 5.97 Å². The molecule has 3 rings (SSSR count). The Kier molecular flexibility index (Phi) is 3.26. The fourth-order valence-corrected chi connectivity index (χ4v) is 2.24. The van der Waals surface area contributed by atoms with Gasteiger partial charge in [0.2, 0.25) is 0 Å². The average molecular weight is 271 g/mol. The van der Waals surface area contributed by atoms with Crippen LogP contribution in [-0.2, 0) is 11.8 Å². The van der Waals surface area contributed by atoms with Gasteiger partial charge in [-0.2, -0.15) is 5.10 Å². The first-order chi connectivity index (χ1) is 9.69. The largest absolute Gasteiger partial charge is 0.462 e. The van der Waals surface area contributed by atoms with Crippen molar-refractivity contribution < 1.29 is 9.53 Å². The molecule has 0 atom stereocenters. The normalized spacial score (nSPS) is 14.3. The van der Waals surface area contributed by atoms with Crippen molar-refractivity contribution in [2.45, 2.75) is 25.7 Å². The molecule has 104 valence electrons. The maximum absolute atomic E-state index is 12.0. The highest BCUT2D eigenvalue weighted by atomic mass is 16.5. The van der Waals surface area contributed by atoms with E-state index in [4.69, 9.17) is 4.74 Å². The van der Waals surface area contributed by atoms with E-state index in [0.717, 1.165) is 29.8 Å². The second-order valence-electron chi connectivity index (χ2n) is 5.03. The number of carbonyl (C=O) groups is 1. The van der Waals surface area contributed by atoms with E-state index in [9.17, 15) is 4.79 Å². The Balaban J connectivity index is 1.99. The molecule has 5 heteroatoms. The van der Waals surface area contributed by atoms with Crippen molar-refractivity contribution in [1.29, 1.82) is 0 Å². The predicted octanol–water partition coefficient (Wildman–Crippen LogP) is 2.54. The topological polar surface area (TPSA) is 57.0 Å². The van der Waals surface area contributed by atoms with Gasteiger partial charge in [0, 0.05) is 24.7 Å². The molecule has 1 fully saturated rings. The highest BCUT2D eigenvalue weighted by Crippen LogP contribution is 2.41.